The van der Waals surface area contributed by atoms with E-state index in [2.05, 4.69) is 20.5 Å². The minimum absolute atomic E-state index is 0.107. The molecule has 0 fully saturated rings. The van der Waals surface area contributed by atoms with E-state index < -0.39 is 11.7 Å². The van der Waals surface area contributed by atoms with E-state index in [1.165, 1.54) is 12.1 Å². The summed E-state index contributed by atoms with van der Waals surface area (Å²) in [5, 5.41) is 0.759. The quantitative estimate of drug-likeness (QED) is 0.290. The van der Waals surface area contributed by atoms with E-state index in [0.717, 1.165) is 51.7 Å². The fraction of sp³-hybridized carbons (Fsp3) is 0.208. The molecule has 0 unspecified atom stereocenters. The number of fused-ring (bicyclic) bond motifs is 1. The zero-order chi connectivity index (χ0) is 23.0. The van der Waals surface area contributed by atoms with E-state index in [0.29, 0.717) is 11.5 Å². The molecular formula is C24H20BrF3N2O2. The van der Waals surface area contributed by atoms with Crippen LogP contribution in [0.15, 0.2) is 65.6 Å². The van der Waals surface area contributed by atoms with Crippen LogP contribution in [0.25, 0.3) is 22.2 Å². The first-order valence-corrected chi connectivity index (χ1v) is 11.0. The van der Waals surface area contributed by atoms with Gasteiger partial charge >= 0.3 is 6.18 Å². The predicted molar refractivity (Wildman–Crippen MR) is 123 cm³/mol. The summed E-state index contributed by atoms with van der Waals surface area (Å²) in [6.07, 6.45) is -2.39. The maximum absolute atomic E-state index is 12.8. The molecule has 4 rings (SSSR count). The molecule has 0 aliphatic heterocycles. The second kappa shape index (κ2) is 8.50. The highest BCUT2D eigenvalue weighted by Gasteiger charge is 2.30. The Bertz CT molecular complexity index is 1340. The van der Waals surface area contributed by atoms with Crippen molar-refractivity contribution in [2.24, 2.45) is 7.05 Å². The number of alkyl halides is 4. The van der Waals surface area contributed by atoms with Gasteiger partial charge in [0.25, 0.3) is 5.56 Å². The van der Waals surface area contributed by atoms with Crippen molar-refractivity contribution >= 4 is 27.0 Å². The van der Waals surface area contributed by atoms with Crippen molar-refractivity contribution in [3.63, 3.8) is 0 Å². The van der Waals surface area contributed by atoms with Gasteiger partial charge in [-0.3, -0.25) is 4.79 Å². The van der Waals surface area contributed by atoms with Crippen molar-refractivity contribution in [3.8, 4) is 22.6 Å². The molecule has 2 heterocycles. The average Bonchev–Trinajstić information content (AvgIpc) is 3.09. The summed E-state index contributed by atoms with van der Waals surface area (Å²) >= 11 is 3.47. The fourth-order valence-corrected chi connectivity index (χ4v) is 4.14. The molecule has 4 nitrogen and oxygen atoms in total. The molecule has 32 heavy (non-hydrogen) atoms. The maximum atomic E-state index is 12.8. The number of aryl methyl sites for hydroxylation is 3. The van der Waals surface area contributed by atoms with Crippen LogP contribution in [-0.4, -0.2) is 14.5 Å². The van der Waals surface area contributed by atoms with Gasteiger partial charge in [0.1, 0.15) is 11.5 Å². The molecule has 0 N–H and O–H groups in total. The van der Waals surface area contributed by atoms with Gasteiger partial charge in [-0.05, 0) is 60.5 Å². The van der Waals surface area contributed by atoms with Gasteiger partial charge in [0, 0.05) is 36.7 Å². The van der Waals surface area contributed by atoms with Gasteiger partial charge in [-0.2, -0.15) is 13.2 Å². The Balaban J connectivity index is 1.77. The largest absolute Gasteiger partial charge is 0.457 e. The fourth-order valence-electron chi connectivity index (χ4n) is 3.76. The zero-order valence-corrected chi connectivity index (χ0v) is 19.0. The Morgan fingerprint density at radius 2 is 1.72 bits per heavy atom. The summed E-state index contributed by atoms with van der Waals surface area (Å²) in [5.74, 6) is 0.811. The summed E-state index contributed by atoms with van der Waals surface area (Å²) in [4.78, 5) is 12.3. The van der Waals surface area contributed by atoms with Crippen molar-refractivity contribution in [1.82, 2.24) is 9.13 Å². The lowest BCUT2D eigenvalue weighted by molar-refractivity contribution is -0.137. The van der Waals surface area contributed by atoms with Gasteiger partial charge < -0.3 is 13.9 Å². The number of nitrogens with zero attached hydrogens (tertiary/aromatic N) is 2. The van der Waals surface area contributed by atoms with Gasteiger partial charge in [-0.25, -0.2) is 0 Å². The number of halogens is 4. The number of ether oxygens (including phenoxy) is 1. The Morgan fingerprint density at radius 1 is 1.00 bits per heavy atom. The molecule has 0 radical (unpaired) electrons. The smallest absolute Gasteiger partial charge is 0.416 e. The van der Waals surface area contributed by atoms with Crippen LogP contribution in [0.2, 0.25) is 0 Å². The van der Waals surface area contributed by atoms with E-state index in [1.54, 1.807) is 17.7 Å². The molecule has 0 bridgehead atoms. The van der Waals surface area contributed by atoms with E-state index in [1.807, 2.05) is 37.4 Å². The minimum Gasteiger partial charge on any atom is -0.457 e. The van der Waals surface area contributed by atoms with E-state index in [-0.39, 0.29) is 5.56 Å². The van der Waals surface area contributed by atoms with Crippen LogP contribution < -0.4 is 10.3 Å². The number of hydrogen-bond donors (Lipinski definition) is 0. The monoisotopic (exact) mass is 504 g/mol. The van der Waals surface area contributed by atoms with Crippen LogP contribution in [-0.2, 0) is 19.8 Å². The normalized spacial score (nSPS) is 11.8. The third-order valence-electron chi connectivity index (χ3n) is 5.25. The lowest BCUT2D eigenvalue weighted by Gasteiger charge is -2.11. The number of aromatic nitrogens is 2. The first-order chi connectivity index (χ1) is 15.2. The number of pyridine rings is 1. The summed E-state index contributed by atoms with van der Waals surface area (Å²) in [5.41, 5.74) is 3.57. The first-order valence-electron chi connectivity index (χ1n) is 9.89. The first kappa shape index (κ1) is 22.2. The number of benzene rings is 2. The predicted octanol–water partition coefficient (Wildman–Crippen LogP) is 6.52. The van der Waals surface area contributed by atoms with E-state index in [9.17, 15) is 18.0 Å². The molecule has 0 saturated carbocycles. The van der Waals surface area contributed by atoms with Crippen LogP contribution in [0.1, 0.15) is 11.1 Å². The van der Waals surface area contributed by atoms with Gasteiger partial charge in [0.05, 0.1) is 16.6 Å². The lowest BCUT2D eigenvalue weighted by Crippen LogP contribution is -2.15. The van der Waals surface area contributed by atoms with E-state index >= 15 is 0 Å². The SMILES string of the molecule is Cc1cc(Oc2ccc(C(F)(F)F)cc2)cc(-c2cn(CCBr)c3ccc(=O)n(C)c23)c1. The van der Waals surface area contributed by atoms with Gasteiger partial charge in [-0.15, -0.1) is 0 Å². The van der Waals surface area contributed by atoms with Gasteiger partial charge in [0.2, 0.25) is 0 Å². The summed E-state index contributed by atoms with van der Waals surface area (Å²) < 4.78 is 48.0. The third-order valence-corrected chi connectivity index (χ3v) is 5.60. The Morgan fingerprint density at radius 3 is 2.38 bits per heavy atom. The highest BCUT2D eigenvalue weighted by Crippen LogP contribution is 2.35. The van der Waals surface area contributed by atoms with Gasteiger partial charge in [-0.1, -0.05) is 22.0 Å². The topological polar surface area (TPSA) is 36.2 Å². The number of rotatable bonds is 5. The molecule has 0 atom stereocenters. The molecule has 0 saturated heterocycles. The maximum Gasteiger partial charge on any atom is 0.416 e. The van der Waals surface area contributed by atoms with Gasteiger partial charge in [0.15, 0.2) is 0 Å². The molecule has 0 spiro atoms. The second-order valence-corrected chi connectivity index (χ2v) is 8.34. The van der Waals surface area contributed by atoms with E-state index in [4.69, 9.17) is 4.74 Å². The Kier molecular flexibility index (Phi) is 5.90. The van der Waals surface area contributed by atoms with Crippen molar-refractivity contribution in [2.45, 2.75) is 19.6 Å². The van der Waals surface area contributed by atoms with Crippen molar-refractivity contribution in [3.05, 3.63) is 82.3 Å². The Hall–Kier alpha value is -3.00. The lowest BCUT2D eigenvalue weighted by atomic mass is 10.0. The van der Waals surface area contributed by atoms with Crippen LogP contribution in [0.3, 0.4) is 0 Å². The number of hydrogen-bond acceptors (Lipinski definition) is 2. The van der Waals surface area contributed by atoms with Crippen molar-refractivity contribution < 1.29 is 17.9 Å². The minimum atomic E-state index is -4.39. The molecule has 8 heteroatoms. The summed E-state index contributed by atoms with van der Waals surface area (Å²) in [6.45, 7) is 2.65. The second-order valence-electron chi connectivity index (χ2n) is 7.55. The molecule has 4 aromatic rings. The summed E-state index contributed by atoms with van der Waals surface area (Å²) in [6, 6.07) is 13.6. The van der Waals surface area contributed by atoms with Crippen LogP contribution >= 0.6 is 15.9 Å². The zero-order valence-electron chi connectivity index (χ0n) is 17.4. The molecule has 2 aromatic carbocycles. The molecular weight excluding hydrogens is 485 g/mol. The molecule has 0 aliphatic carbocycles. The van der Waals surface area contributed by atoms with Crippen LogP contribution in [0.4, 0.5) is 13.2 Å². The van der Waals surface area contributed by atoms with Crippen LogP contribution in [0.5, 0.6) is 11.5 Å². The van der Waals surface area contributed by atoms with Crippen molar-refractivity contribution in [2.75, 3.05) is 5.33 Å². The highest BCUT2D eigenvalue weighted by atomic mass is 79.9. The van der Waals surface area contributed by atoms with Crippen LogP contribution in [0, 0.1) is 6.92 Å². The molecule has 0 amide bonds. The molecule has 166 valence electrons. The summed E-state index contributed by atoms with van der Waals surface area (Å²) in [7, 11) is 1.74. The van der Waals surface area contributed by atoms with Crippen molar-refractivity contribution in [1.29, 1.82) is 0 Å². The molecule has 2 aromatic heterocycles. The average molecular weight is 505 g/mol. The Labute approximate surface area is 191 Å². The standard InChI is InChI=1S/C24H20BrF3N2O2/c1-15-11-16(13-19(12-15)32-18-5-3-17(4-6-18)24(26,27)28)20-14-30(10-9-25)21-7-8-22(31)29(2)23(20)21/h3-8,11-14H,9-10H2,1-2H3. The molecule has 0 aliphatic rings. The highest BCUT2D eigenvalue weighted by molar-refractivity contribution is 9.09. The third kappa shape index (κ3) is 4.32.